The van der Waals surface area contributed by atoms with E-state index < -0.39 is 40.6 Å². The van der Waals surface area contributed by atoms with Crippen molar-refractivity contribution in [2.24, 2.45) is 0 Å². The molecule has 0 radical (unpaired) electrons. The molecule has 0 aliphatic rings. The zero-order chi connectivity index (χ0) is 20.4. The number of rotatable bonds is 4. The number of halogens is 6. The molecule has 0 spiro atoms. The van der Waals surface area contributed by atoms with Gasteiger partial charge in [-0.2, -0.15) is 26.3 Å². The minimum absolute atomic E-state index is 0.0873. The lowest BCUT2D eigenvalue weighted by Crippen LogP contribution is -2.12. The topological polar surface area (TPSA) is 35.5 Å². The van der Waals surface area contributed by atoms with Crippen LogP contribution in [0.3, 0.4) is 0 Å². The van der Waals surface area contributed by atoms with Gasteiger partial charge in [0.25, 0.3) is 0 Å². The SMILES string of the molecule is C=C(C(=O)OC)c1ccc(Oc2ccc(C(F)(F)F)cc2)cc1C(F)(F)F. The van der Waals surface area contributed by atoms with E-state index in [4.69, 9.17) is 4.74 Å². The smallest absolute Gasteiger partial charge is 0.417 e. The first-order valence-electron chi connectivity index (χ1n) is 7.27. The van der Waals surface area contributed by atoms with Gasteiger partial charge in [0.05, 0.1) is 23.8 Å². The molecular formula is C18H12F6O3. The van der Waals surface area contributed by atoms with E-state index in [0.29, 0.717) is 6.07 Å². The van der Waals surface area contributed by atoms with Crippen molar-refractivity contribution in [2.75, 3.05) is 7.11 Å². The number of carbonyl (C=O) groups is 1. The average molecular weight is 390 g/mol. The molecule has 0 saturated heterocycles. The maximum atomic E-state index is 13.3. The van der Waals surface area contributed by atoms with Crippen LogP contribution in [0, 0.1) is 0 Å². The molecule has 0 bridgehead atoms. The highest BCUT2D eigenvalue weighted by Gasteiger charge is 2.35. The van der Waals surface area contributed by atoms with Crippen molar-refractivity contribution in [3.8, 4) is 11.5 Å². The Bertz CT molecular complexity index is 851. The summed E-state index contributed by atoms with van der Waals surface area (Å²) in [6, 6.07) is 6.19. The molecule has 3 nitrogen and oxygen atoms in total. The summed E-state index contributed by atoms with van der Waals surface area (Å²) in [4.78, 5) is 11.5. The van der Waals surface area contributed by atoms with Crippen LogP contribution in [-0.4, -0.2) is 13.1 Å². The zero-order valence-electron chi connectivity index (χ0n) is 13.7. The number of hydrogen-bond acceptors (Lipinski definition) is 3. The van der Waals surface area contributed by atoms with Crippen LogP contribution in [0.25, 0.3) is 5.57 Å². The van der Waals surface area contributed by atoms with E-state index in [9.17, 15) is 31.1 Å². The van der Waals surface area contributed by atoms with Gasteiger partial charge in [-0.05, 0) is 42.5 Å². The second kappa shape index (κ2) is 7.34. The third-order valence-electron chi connectivity index (χ3n) is 3.47. The van der Waals surface area contributed by atoms with Gasteiger partial charge in [-0.25, -0.2) is 4.79 Å². The van der Waals surface area contributed by atoms with Gasteiger partial charge in [-0.15, -0.1) is 0 Å². The van der Waals surface area contributed by atoms with Crippen LogP contribution in [0.4, 0.5) is 26.3 Å². The highest BCUT2D eigenvalue weighted by Crippen LogP contribution is 2.38. The third-order valence-corrected chi connectivity index (χ3v) is 3.47. The molecule has 9 heteroatoms. The lowest BCUT2D eigenvalue weighted by Gasteiger charge is -2.16. The molecular weight excluding hydrogens is 378 g/mol. The van der Waals surface area contributed by atoms with E-state index in [2.05, 4.69) is 11.3 Å². The molecule has 0 aromatic heterocycles. The first-order valence-corrected chi connectivity index (χ1v) is 7.27. The van der Waals surface area contributed by atoms with Gasteiger partial charge in [0.15, 0.2) is 0 Å². The molecule has 0 fully saturated rings. The minimum Gasteiger partial charge on any atom is -0.465 e. The predicted molar refractivity (Wildman–Crippen MR) is 84.0 cm³/mol. The average Bonchev–Trinajstić information content (AvgIpc) is 2.59. The summed E-state index contributed by atoms with van der Waals surface area (Å²) in [5.41, 5.74) is -3.10. The highest BCUT2D eigenvalue weighted by atomic mass is 19.4. The second-order valence-electron chi connectivity index (χ2n) is 5.30. The van der Waals surface area contributed by atoms with Gasteiger partial charge in [-0.3, -0.25) is 0 Å². The highest BCUT2D eigenvalue weighted by molar-refractivity contribution is 6.16. The van der Waals surface area contributed by atoms with Crippen LogP contribution >= 0.6 is 0 Å². The molecule has 0 saturated carbocycles. The van der Waals surface area contributed by atoms with Crippen molar-refractivity contribution in [1.82, 2.24) is 0 Å². The molecule has 0 amide bonds. The van der Waals surface area contributed by atoms with E-state index in [1.54, 1.807) is 0 Å². The first-order chi connectivity index (χ1) is 12.4. The van der Waals surface area contributed by atoms with Crippen molar-refractivity contribution in [2.45, 2.75) is 12.4 Å². The standard InChI is InChI=1S/C18H12F6O3/c1-10(16(25)26-2)14-8-7-13(9-15(14)18(22,23)24)27-12-5-3-11(4-6-12)17(19,20)21/h3-9H,1H2,2H3. The molecule has 27 heavy (non-hydrogen) atoms. The number of carbonyl (C=O) groups excluding carboxylic acids is 1. The lowest BCUT2D eigenvalue weighted by atomic mass is 10.00. The molecule has 0 unspecified atom stereocenters. The Balaban J connectivity index is 2.36. The van der Waals surface area contributed by atoms with E-state index in [1.807, 2.05) is 0 Å². The molecule has 0 aliphatic carbocycles. The zero-order valence-corrected chi connectivity index (χ0v) is 13.7. The Morgan fingerprint density at radius 2 is 1.44 bits per heavy atom. The lowest BCUT2D eigenvalue weighted by molar-refractivity contribution is -0.139. The van der Waals surface area contributed by atoms with E-state index >= 15 is 0 Å². The Morgan fingerprint density at radius 3 is 1.93 bits per heavy atom. The molecule has 2 aromatic rings. The van der Waals surface area contributed by atoms with Crippen molar-refractivity contribution in [3.05, 3.63) is 65.7 Å². The van der Waals surface area contributed by atoms with Gasteiger partial charge >= 0.3 is 18.3 Å². The number of hydrogen-bond donors (Lipinski definition) is 0. The maximum Gasteiger partial charge on any atom is 0.417 e. The normalized spacial score (nSPS) is 11.8. The van der Waals surface area contributed by atoms with Crippen LogP contribution in [0.15, 0.2) is 49.0 Å². The summed E-state index contributed by atoms with van der Waals surface area (Å²) in [5.74, 6) is -1.39. The predicted octanol–water partition coefficient (Wildman–Crippen LogP) is 5.70. The Labute approximate surface area is 149 Å². The van der Waals surface area contributed by atoms with Crippen molar-refractivity contribution < 1.29 is 40.6 Å². The van der Waals surface area contributed by atoms with Gasteiger partial charge < -0.3 is 9.47 Å². The summed E-state index contributed by atoms with van der Waals surface area (Å²) in [7, 11) is 1.00. The Kier molecular flexibility index (Phi) is 5.53. The van der Waals surface area contributed by atoms with E-state index in [1.165, 1.54) is 0 Å². The van der Waals surface area contributed by atoms with E-state index in [0.717, 1.165) is 43.5 Å². The monoisotopic (exact) mass is 390 g/mol. The second-order valence-corrected chi connectivity index (χ2v) is 5.30. The van der Waals surface area contributed by atoms with Gasteiger partial charge in [0.1, 0.15) is 11.5 Å². The Hall–Kier alpha value is -2.97. The fourth-order valence-corrected chi connectivity index (χ4v) is 2.17. The molecule has 0 aliphatic heterocycles. The van der Waals surface area contributed by atoms with Crippen LogP contribution in [0.5, 0.6) is 11.5 Å². The van der Waals surface area contributed by atoms with E-state index in [-0.39, 0.29) is 11.5 Å². The molecule has 0 N–H and O–H groups in total. The van der Waals surface area contributed by atoms with Gasteiger partial charge in [0, 0.05) is 5.56 Å². The Morgan fingerprint density at radius 1 is 0.889 bits per heavy atom. The summed E-state index contributed by atoms with van der Waals surface area (Å²) >= 11 is 0. The third kappa shape index (κ3) is 4.81. The quantitative estimate of drug-likeness (QED) is 0.382. The summed E-state index contributed by atoms with van der Waals surface area (Å²) in [5, 5.41) is 0. The van der Waals surface area contributed by atoms with Crippen LogP contribution in [0.2, 0.25) is 0 Å². The van der Waals surface area contributed by atoms with Crippen molar-refractivity contribution in [3.63, 3.8) is 0 Å². The molecule has 0 heterocycles. The summed E-state index contributed by atoms with van der Waals surface area (Å²) in [6.07, 6.45) is -9.37. The van der Waals surface area contributed by atoms with Gasteiger partial charge in [-0.1, -0.05) is 6.58 Å². The number of ether oxygens (including phenoxy) is 2. The van der Waals surface area contributed by atoms with Crippen LogP contribution in [0.1, 0.15) is 16.7 Å². The number of benzene rings is 2. The van der Waals surface area contributed by atoms with Crippen LogP contribution in [-0.2, 0) is 21.9 Å². The number of methoxy groups -OCH3 is 1. The maximum absolute atomic E-state index is 13.3. The fourth-order valence-electron chi connectivity index (χ4n) is 2.17. The van der Waals surface area contributed by atoms with Gasteiger partial charge in [0.2, 0.25) is 0 Å². The number of alkyl halides is 6. The molecule has 144 valence electrons. The number of esters is 1. The van der Waals surface area contributed by atoms with Crippen LogP contribution < -0.4 is 4.74 Å². The first kappa shape index (κ1) is 20.3. The van der Waals surface area contributed by atoms with Crippen molar-refractivity contribution in [1.29, 1.82) is 0 Å². The van der Waals surface area contributed by atoms with Crippen molar-refractivity contribution >= 4 is 11.5 Å². The summed E-state index contributed by atoms with van der Waals surface area (Å²) < 4.78 is 87.1. The molecule has 2 aromatic carbocycles. The molecule has 2 rings (SSSR count). The largest absolute Gasteiger partial charge is 0.465 e. The minimum atomic E-state index is -4.83. The molecule has 0 atom stereocenters. The summed E-state index contributed by atoms with van der Waals surface area (Å²) in [6.45, 7) is 3.29. The fraction of sp³-hybridized carbons (Fsp3) is 0.167.